The minimum absolute atomic E-state index is 0.0348. The highest BCUT2D eigenvalue weighted by molar-refractivity contribution is 6.43. The van der Waals surface area contributed by atoms with Crippen molar-refractivity contribution in [3.05, 3.63) is 201 Å². The third-order valence-corrected chi connectivity index (χ3v) is 28.8. The number of carbonyl (C=O) groups is 5. The van der Waals surface area contributed by atoms with Gasteiger partial charge in [0.1, 0.15) is 57.6 Å². The number of nitrogens with one attached hydrogen (secondary N) is 4. The third kappa shape index (κ3) is 26.9. The zero-order valence-electron chi connectivity index (χ0n) is 83.4. The number of hydrogen-bond acceptors (Lipinski definition) is 32. The number of fused-ring (bicyclic) bond motifs is 4. The molecule has 12 aromatic rings. The lowest BCUT2D eigenvalue weighted by Crippen LogP contribution is -2.32. The van der Waals surface area contributed by atoms with Gasteiger partial charge in [0.25, 0.3) is 0 Å². The number of carbonyl (C=O) groups excluding carboxylic acids is 5. The topological polar surface area (TPSA) is 356 Å². The lowest BCUT2D eigenvalue weighted by Gasteiger charge is -2.20. The molecule has 4 aliphatic rings. The number of rotatable bonds is 38. The molecule has 16 rings (SSSR count). The molecule has 4 aromatic carbocycles. The number of hydrogen-bond donors (Lipinski definition) is 4. The fourth-order valence-electron chi connectivity index (χ4n) is 18.0. The van der Waals surface area contributed by atoms with Gasteiger partial charge in [-0.05, 0) is 95.9 Å². The molecule has 1 amide bonds. The van der Waals surface area contributed by atoms with Crippen molar-refractivity contribution in [1.82, 2.24) is 79.2 Å². The Kier molecular flexibility index (Phi) is 38.7. The standard InChI is InChI=1S/C28H33Cl2N5O3.C27H32Cl2N6O3.C25H25Cl2N5O4.C25H26Cl2N4O3/c1-6-20(36)9-19-15-35(8-7-34(2)3)16-22(19)33-25-11-18-13-31-21(10-17(18)14-32-25)26-27(29)23(37-4)12-24(38-5)28(26)30;1-6-18(36)9-17-14-35(8-7-34(2)3)15-21(17)33-27-31-12-16-10-19(30-13-20(16)32-27)24-25(28)22(37-4)11-23(38-5)26(24)29;1-5-16(34)6-15-11-32(13(2)33)12-19(15)31-25-29-9-14-7-17(28-10-18(14)30-25)22-23(26)20(35-3)8-21(36-4)24(22)27;1-5-17(32)6-16-12-31(2)13-19(16)30-22-8-15-10-28-18(7-14(15)11-29-22)23-24(26)20(33-3)9-21(34-4)25(23)27/h6,10-14,19,22H,1,7-9,15-16H2,2-5H3,(H,32,33);6,10-13,17,21H,1,7-9,14-15H2,2-5H3,(H,31,32,33);5,7-10,15,19H,1,6,11-12H2,2-4H3,(H,29,30,31);5,7-11,16,19H,1,6,12-13H2,2-4H3,(H,29,30)/t19-,22+;17-,21+;15-,19+;16-,19+/m0000/s1. The number of ketones is 4. The van der Waals surface area contributed by atoms with Gasteiger partial charge in [-0.2, -0.15) is 0 Å². The fourth-order valence-corrected chi connectivity index (χ4v) is 20.8. The van der Waals surface area contributed by atoms with Gasteiger partial charge in [-0.25, -0.2) is 29.9 Å². The maximum absolute atomic E-state index is 12.2. The Balaban J connectivity index is 0.000000163. The van der Waals surface area contributed by atoms with E-state index in [0.717, 1.165) is 109 Å². The largest absolute Gasteiger partial charge is 0.495 e. The molecule has 8 atom stereocenters. The van der Waals surface area contributed by atoms with Gasteiger partial charge >= 0.3 is 0 Å². The molecular weight excluding hydrogens is 2030 g/mol. The van der Waals surface area contributed by atoms with Crippen molar-refractivity contribution in [3.8, 4) is 91.0 Å². The van der Waals surface area contributed by atoms with Crippen molar-refractivity contribution in [3.63, 3.8) is 0 Å². The minimum atomic E-state index is -0.177. The first-order valence-electron chi connectivity index (χ1n) is 46.6. The average molecular weight is 2150 g/mol. The Morgan fingerprint density at radius 2 is 0.610 bits per heavy atom. The molecule has 0 bridgehead atoms. The van der Waals surface area contributed by atoms with Gasteiger partial charge in [0.2, 0.25) is 17.8 Å². The van der Waals surface area contributed by atoms with Gasteiger partial charge in [-0.3, -0.25) is 53.7 Å². The first-order chi connectivity index (χ1) is 70.0. The van der Waals surface area contributed by atoms with E-state index in [9.17, 15) is 24.0 Å². The van der Waals surface area contributed by atoms with E-state index in [1.165, 1.54) is 88.1 Å². The Bertz CT molecular complexity index is 6560. The molecule has 0 aliphatic carbocycles. The van der Waals surface area contributed by atoms with Crippen molar-refractivity contribution >= 4 is 189 Å². The number of likely N-dealkylation sites (tertiary alicyclic amines) is 4. The number of amides is 1. The van der Waals surface area contributed by atoms with E-state index < -0.39 is 0 Å². The van der Waals surface area contributed by atoms with Crippen LogP contribution in [0.5, 0.6) is 46.0 Å². The van der Waals surface area contributed by atoms with E-state index >= 15 is 0 Å². The molecule has 770 valence electrons. The Morgan fingerprint density at radius 3 is 0.918 bits per heavy atom. The first-order valence-corrected chi connectivity index (χ1v) is 49.6. The van der Waals surface area contributed by atoms with Crippen molar-refractivity contribution < 1.29 is 61.9 Å². The van der Waals surface area contributed by atoms with Gasteiger partial charge in [-0.1, -0.05) is 119 Å². The second-order valence-corrected chi connectivity index (χ2v) is 39.1. The number of allylic oxidation sites excluding steroid dienone is 4. The molecule has 0 unspecified atom stereocenters. The molecule has 4 aliphatic heterocycles. The molecule has 41 heteroatoms. The normalized spacial score (nSPS) is 17.7. The van der Waals surface area contributed by atoms with Gasteiger partial charge in [-0.15, -0.1) is 0 Å². The number of pyridine rings is 6. The highest BCUT2D eigenvalue weighted by Crippen LogP contribution is 2.51. The smallest absolute Gasteiger partial charge is 0.223 e. The molecule has 0 radical (unpaired) electrons. The van der Waals surface area contributed by atoms with Crippen LogP contribution in [0.3, 0.4) is 0 Å². The molecule has 8 aromatic heterocycles. The number of methoxy groups -OCH3 is 8. The van der Waals surface area contributed by atoms with E-state index in [-0.39, 0.29) is 83.3 Å². The van der Waals surface area contributed by atoms with Crippen LogP contribution in [-0.4, -0.2) is 303 Å². The quantitative estimate of drug-likeness (QED) is 0.0261. The van der Waals surface area contributed by atoms with Crippen LogP contribution in [0.4, 0.5) is 23.5 Å². The molecular formula is C105H116Cl8N20O13. The first kappa shape index (κ1) is 111. The van der Waals surface area contributed by atoms with Crippen LogP contribution in [0.1, 0.15) is 32.6 Å². The van der Waals surface area contributed by atoms with Gasteiger partial charge < -0.3 is 78.8 Å². The van der Waals surface area contributed by atoms with Crippen LogP contribution < -0.4 is 59.2 Å². The lowest BCUT2D eigenvalue weighted by atomic mass is 9.97. The number of likely N-dealkylation sites (N-methyl/N-ethyl adjacent to an activating group) is 3. The minimum Gasteiger partial charge on any atom is -0.495 e. The highest BCUT2D eigenvalue weighted by atomic mass is 35.5. The average Bonchev–Trinajstić information content (AvgIpc) is 1.35. The molecule has 0 spiro atoms. The predicted octanol–water partition coefficient (Wildman–Crippen LogP) is 19.0. The molecule has 0 saturated carbocycles. The summed E-state index contributed by atoms with van der Waals surface area (Å²) in [4.78, 5) is 119. The summed E-state index contributed by atoms with van der Waals surface area (Å²) in [5.41, 5.74) is 5.53. The number of ether oxygens (including phenoxy) is 8. The molecule has 33 nitrogen and oxygen atoms in total. The fraction of sp³-hybridized carbons (Fsp3) is 0.362. The van der Waals surface area contributed by atoms with E-state index in [1.54, 1.807) is 84.8 Å². The molecule has 4 saturated heterocycles. The van der Waals surface area contributed by atoms with Crippen LogP contribution in [0.15, 0.2) is 161 Å². The Hall–Kier alpha value is -12.2. The van der Waals surface area contributed by atoms with Crippen LogP contribution in [-0.2, 0) is 24.0 Å². The molecule has 146 heavy (non-hydrogen) atoms. The van der Waals surface area contributed by atoms with E-state index in [1.807, 2.05) is 30.3 Å². The third-order valence-electron chi connectivity index (χ3n) is 25.8. The van der Waals surface area contributed by atoms with E-state index in [2.05, 4.69) is 157 Å². The molecule has 12 heterocycles. The van der Waals surface area contributed by atoms with Crippen LogP contribution in [0, 0.1) is 23.7 Å². The second kappa shape index (κ2) is 50.9. The summed E-state index contributed by atoms with van der Waals surface area (Å²) in [6.45, 7) is 25.7. The van der Waals surface area contributed by atoms with E-state index in [4.69, 9.17) is 131 Å². The molecule has 4 fully saturated rings. The van der Waals surface area contributed by atoms with Gasteiger partial charge in [0.05, 0.1) is 149 Å². The van der Waals surface area contributed by atoms with E-state index in [0.29, 0.717) is 186 Å². The van der Waals surface area contributed by atoms with Crippen molar-refractivity contribution in [1.29, 1.82) is 0 Å². The highest BCUT2D eigenvalue weighted by Gasteiger charge is 2.40. The summed E-state index contributed by atoms with van der Waals surface area (Å²) in [6.07, 6.45) is 20.9. The summed E-state index contributed by atoms with van der Waals surface area (Å²) in [7, 11) is 22.5. The Labute approximate surface area is 888 Å². The zero-order chi connectivity index (χ0) is 105. The lowest BCUT2D eigenvalue weighted by molar-refractivity contribution is -0.128. The SMILES string of the molecule is C=CC(=O)C[C@H]1CN(C(C)=O)C[C@H]1Nc1ncc2cc(-c3c(Cl)c(OC)cc(OC)c3Cl)ncc2n1.C=CC(=O)C[C@H]1CN(C)C[C@H]1Nc1cc2cnc(-c3c(Cl)c(OC)cc(OC)c3Cl)cc2cn1.C=CC(=O)C[C@H]1CN(CCN(C)C)C[C@H]1Nc1cc2cnc(-c3c(Cl)c(OC)cc(OC)c3Cl)cc2cn1.C=CC(=O)C[C@H]1CN(CCN(C)C)C[C@H]1Nc1ncc2cc(-c3c(Cl)c(OC)cc(OC)c3Cl)ncc2n1. The van der Waals surface area contributed by atoms with Crippen molar-refractivity contribution in [2.75, 3.05) is 192 Å². The number of aromatic nitrogens is 10. The van der Waals surface area contributed by atoms with Crippen molar-refractivity contribution in [2.45, 2.75) is 56.8 Å². The van der Waals surface area contributed by atoms with Crippen LogP contribution >= 0.6 is 92.8 Å². The predicted molar refractivity (Wildman–Crippen MR) is 581 cm³/mol. The summed E-state index contributed by atoms with van der Waals surface area (Å²) in [6, 6.07) is 17.9. The number of benzene rings is 4. The maximum Gasteiger partial charge on any atom is 0.223 e. The monoisotopic (exact) mass is 2140 g/mol. The molecule has 4 N–H and O–H groups in total. The summed E-state index contributed by atoms with van der Waals surface area (Å²) in [5, 5.41) is 21.6. The maximum atomic E-state index is 12.2. The number of anilines is 4. The van der Waals surface area contributed by atoms with Crippen LogP contribution in [0.25, 0.3) is 88.4 Å². The summed E-state index contributed by atoms with van der Waals surface area (Å²) >= 11 is 52.5. The van der Waals surface area contributed by atoms with Gasteiger partial charge in [0.15, 0.2) is 23.1 Å². The zero-order valence-corrected chi connectivity index (χ0v) is 89.5. The Morgan fingerprint density at radius 1 is 0.342 bits per heavy atom. The van der Waals surface area contributed by atoms with Gasteiger partial charge in [0, 0.05) is 269 Å². The summed E-state index contributed by atoms with van der Waals surface area (Å²) in [5.74, 6) is 6.28. The number of halogens is 8. The second-order valence-electron chi connectivity index (χ2n) is 36.1. The van der Waals surface area contributed by atoms with Crippen molar-refractivity contribution in [2.24, 2.45) is 23.7 Å². The number of nitrogens with zero attached hydrogens (tertiary/aromatic N) is 16. The summed E-state index contributed by atoms with van der Waals surface area (Å²) < 4.78 is 43.0. The van der Waals surface area contributed by atoms with Crippen LogP contribution in [0.2, 0.25) is 40.2 Å².